The van der Waals surface area contributed by atoms with E-state index in [-0.39, 0.29) is 24.2 Å². The Hall–Kier alpha value is -2.69. The summed E-state index contributed by atoms with van der Waals surface area (Å²) in [6, 6.07) is 12.2. The topological polar surface area (TPSA) is 49.4 Å². The molecule has 1 heterocycles. The minimum absolute atomic E-state index is 0.163. The number of aryl methyl sites for hydroxylation is 1. The molecule has 1 aliphatic rings. The summed E-state index contributed by atoms with van der Waals surface area (Å²) in [5.41, 5.74) is 2.77. The first-order chi connectivity index (χ1) is 12.0. The number of benzene rings is 2. The van der Waals surface area contributed by atoms with Crippen molar-refractivity contribution in [3.05, 3.63) is 70.5 Å². The highest BCUT2D eigenvalue weighted by Gasteiger charge is 2.20. The Bertz CT molecular complexity index is 804. The van der Waals surface area contributed by atoms with E-state index in [0.29, 0.717) is 24.1 Å². The monoisotopic (exact) mass is 340 g/mol. The maximum absolute atomic E-state index is 13.6. The Kier molecular flexibility index (Phi) is 5.12. The fraction of sp³-hybridized carbons (Fsp3) is 0.300. The van der Waals surface area contributed by atoms with Crippen LogP contribution in [0.25, 0.3) is 0 Å². The van der Waals surface area contributed by atoms with Crippen molar-refractivity contribution in [2.45, 2.75) is 32.9 Å². The van der Waals surface area contributed by atoms with Gasteiger partial charge in [-0.25, -0.2) is 4.39 Å². The molecule has 2 aromatic carbocycles. The minimum atomic E-state index is -0.274. The molecule has 0 aliphatic carbocycles. The van der Waals surface area contributed by atoms with Gasteiger partial charge in [-0.2, -0.15) is 0 Å². The van der Waals surface area contributed by atoms with E-state index in [4.69, 9.17) is 0 Å². The van der Waals surface area contributed by atoms with Crippen LogP contribution in [0.4, 0.5) is 4.39 Å². The maximum atomic E-state index is 13.6. The number of carbonyl (C=O) groups is 2. The average molecular weight is 340 g/mol. The van der Waals surface area contributed by atoms with Crippen LogP contribution in [0.15, 0.2) is 42.5 Å². The molecule has 1 aliphatic heterocycles. The maximum Gasteiger partial charge on any atom is 0.251 e. The molecule has 1 saturated heterocycles. The molecule has 2 amide bonds. The van der Waals surface area contributed by atoms with Gasteiger partial charge in [0.05, 0.1) is 0 Å². The van der Waals surface area contributed by atoms with Crippen LogP contribution in [0.1, 0.15) is 39.9 Å². The summed E-state index contributed by atoms with van der Waals surface area (Å²) < 4.78 is 13.6. The lowest BCUT2D eigenvalue weighted by Gasteiger charge is -2.16. The van der Waals surface area contributed by atoms with Gasteiger partial charge in [0.15, 0.2) is 0 Å². The quantitative estimate of drug-likeness (QED) is 0.909. The zero-order valence-corrected chi connectivity index (χ0v) is 14.2. The summed E-state index contributed by atoms with van der Waals surface area (Å²) in [6.45, 7) is 3.27. The Morgan fingerprint density at radius 3 is 2.76 bits per heavy atom. The highest BCUT2D eigenvalue weighted by atomic mass is 19.1. The van der Waals surface area contributed by atoms with Crippen LogP contribution in [0.5, 0.6) is 0 Å². The first-order valence-corrected chi connectivity index (χ1v) is 8.43. The number of hydrogen-bond donors (Lipinski definition) is 1. The van der Waals surface area contributed by atoms with E-state index in [1.54, 1.807) is 31.2 Å². The summed E-state index contributed by atoms with van der Waals surface area (Å²) in [5, 5.41) is 2.81. The molecule has 4 nitrogen and oxygen atoms in total. The number of halogens is 1. The predicted octanol–water partition coefficient (Wildman–Crippen LogP) is 3.19. The number of amides is 2. The fourth-order valence-corrected chi connectivity index (χ4v) is 2.93. The molecule has 0 bridgehead atoms. The van der Waals surface area contributed by atoms with E-state index in [9.17, 15) is 14.0 Å². The number of hydrogen-bond acceptors (Lipinski definition) is 2. The second-order valence-corrected chi connectivity index (χ2v) is 6.39. The van der Waals surface area contributed by atoms with Gasteiger partial charge >= 0.3 is 0 Å². The molecule has 0 radical (unpaired) electrons. The summed E-state index contributed by atoms with van der Waals surface area (Å²) >= 11 is 0. The van der Waals surface area contributed by atoms with Crippen LogP contribution in [-0.2, 0) is 17.9 Å². The van der Waals surface area contributed by atoms with Gasteiger partial charge < -0.3 is 10.2 Å². The molecular weight excluding hydrogens is 319 g/mol. The summed E-state index contributed by atoms with van der Waals surface area (Å²) in [6.07, 6.45) is 1.50. The van der Waals surface area contributed by atoms with E-state index in [1.807, 2.05) is 17.0 Å². The Morgan fingerprint density at radius 1 is 1.20 bits per heavy atom. The Morgan fingerprint density at radius 2 is 2.04 bits per heavy atom. The van der Waals surface area contributed by atoms with Gasteiger partial charge in [0, 0.05) is 31.6 Å². The van der Waals surface area contributed by atoms with Crippen LogP contribution >= 0.6 is 0 Å². The average Bonchev–Trinajstić information content (AvgIpc) is 3.01. The fourth-order valence-electron chi connectivity index (χ4n) is 2.93. The number of nitrogens with zero attached hydrogens (tertiary/aromatic N) is 1. The summed E-state index contributed by atoms with van der Waals surface area (Å²) in [7, 11) is 0. The molecule has 1 fully saturated rings. The molecule has 0 saturated carbocycles. The van der Waals surface area contributed by atoms with Crippen molar-refractivity contribution >= 4 is 11.8 Å². The zero-order valence-electron chi connectivity index (χ0n) is 14.2. The van der Waals surface area contributed by atoms with Crippen LogP contribution in [0.2, 0.25) is 0 Å². The molecular formula is C20H21FN2O2. The van der Waals surface area contributed by atoms with Gasteiger partial charge in [0.25, 0.3) is 5.91 Å². The van der Waals surface area contributed by atoms with Crippen molar-refractivity contribution in [3.8, 4) is 0 Å². The predicted molar refractivity (Wildman–Crippen MR) is 93.4 cm³/mol. The van der Waals surface area contributed by atoms with Crippen LogP contribution in [0.3, 0.4) is 0 Å². The second-order valence-electron chi connectivity index (χ2n) is 6.39. The molecule has 25 heavy (non-hydrogen) atoms. The van der Waals surface area contributed by atoms with E-state index < -0.39 is 0 Å². The highest BCUT2D eigenvalue weighted by Crippen LogP contribution is 2.15. The number of likely N-dealkylation sites (tertiary alicyclic amines) is 1. The van der Waals surface area contributed by atoms with Gasteiger partial charge in [-0.1, -0.05) is 24.3 Å². The second kappa shape index (κ2) is 7.47. The first kappa shape index (κ1) is 17.1. The minimum Gasteiger partial charge on any atom is -0.348 e. The van der Waals surface area contributed by atoms with E-state index in [2.05, 4.69) is 5.32 Å². The Labute approximate surface area is 146 Å². The molecule has 0 unspecified atom stereocenters. The van der Waals surface area contributed by atoms with E-state index in [1.165, 1.54) is 6.07 Å². The van der Waals surface area contributed by atoms with Crippen LogP contribution in [0, 0.1) is 12.7 Å². The summed E-state index contributed by atoms with van der Waals surface area (Å²) in [5.74, 6) is -0.323. The molecule has 0 spiro atoms. The largest absolute Gasteiger partial charge is 0.348 e. The number of rotatable bonds is 5. The summed E-state index contributed by atoms with van der Waals surface area (Å²) in [4.78, 5) is 25.9. The first-order valence-electron chi connectivity index (χ1n) is 8.43. The molecule has 0 atom stereocenters. The molecule has 130 valence electrons. The van der Waals surface area contributed by atoms with Gasteiger partial charge in [-0.15, -0.1) is 0 Å². The Balaban J connectivity index is 1.62. The standard InChI is InChI=1S/C20H21FN2O2/c1-14-7-8-15(11-18(14)21)12-22-20(25)17-5-2-4-16(10-17)13-23-9-3-6-19(23)24/h2,4-5,7-8,10-11H,3,6,9,12-13H2,1H3,(H,22,25). The van der Waals surface area contributed by atoms with Crippen molar-refractivity contribution in [3.63, 3.8) is 0 Å². The van der Waals surface area contributed by atoms with Crippen molar-refractivity contribution in [1.29, 1.82) is 0 Å². The van der Waals surface area contributed by atoms with Gasteiger partial charge in [-0.3, -0.25) is 9.59 Å². The van der Waals surface area contributed by atoms with Crippen molar-refractivity contribution in [1.82, 2.24) is 10.2 Å². The van der Waals surface area contributed by atoms with E-state index >= 15 is 0 Å². The van der Waals surface area contributed by atoms with Crippen molar-refractivity contribution in [2.24, 2.45) is 0 Å². The molecule has 5 heteroatoms. The smallest absolute Gasteiger partial charge is 0.251 e. The third kappa shape index (κ3) is 4.24. The van der Waals surface area contributed by atoms with Gasteiger partial charge in [0.2, 0.25) is 5.91 Å². The zero-order chi connectivity index (χ0) is 17.8. The highest BCUT2D eigenvalue weighted by molar-refractivity contribution is 5.94. The number of nitrogens with one attached hydrogen (secondary N) is 1. The third-order valence-corrected chi connectivity index (χ3v) is 4.42. The lowest BCUT2D eigenvalue weighted by atomic mass is 10.1. The third-order valence-electron chi connectivity index (χ3n) is 4.42. The molecule has 2 aromatic rings. The SMILES string of the molecule is Cc1ccc(CNC(=O)c2cccc(CN3CCCC3=O)c2)cc1F. The molecule has 0 aromatic heterocycles. The van der Waals surface area contributed by atoms with Gasteiger partial charge in [0.1, 0.15) is 5.82 Å². The molecule has 3 rings (SSSR count). The van der Waals surface area contributed by atoms with Crippen molar-refractivity contribution < 1.29 is 14.0 Å². The van der Waals surface area contributed by atoms with Gasteiger partial charge in [-0.05, 0) is 48.2 Å². The lowest BCUT2D eigenvalue weighted by Crippen LogP contribution is -2.25. The van der Waals surface area contributed by atoms with Crippen LogP contribution in [-0.4, -0.2) is 23.3 Å². The van der Waals surface area contributed by atoms with Crippen LogP contribution < -0.4 is 5.32 Å². The molecule has 1 N–H and O–H groups in total. The van der Waals surface area contributed by atoms with Crippen molar-refractivity contribution in [2.75, 3.05) is 6.54 Å². The van der Waals surface area contributed by atoms with E-state index in [0.717, 1.165) is 24.1 Å². The lowest BCUT2D eigenvalue weighted by molar-refractivity contribution is -0.128. The normalized spacial score (nSPS) is 14.0. The number of carbonyl (C=O) groups excluding carboxylic acids is 2.